The second-order valence-corrected chi connectivity index (χ2v) is 4.88. The van der Waals surface area contributed by atoms with Gasteiger partial charge in [0.25, 0.3) is 0 Å². The lowest BCUT2D eigenvalue weighted by atomic mass is 10.0. The van der Waals surface area contributed by atoms with Crippen molar-refractivity contribution in [2.45, 2.75) is 31.8 Å². The first-order valence-electron chi connectivity index (χ1n) is 6.81. The Morgan fingerprint density at radius 2 is 2.22 bits per heavy atom. The summed E-state index contributed by atoms with van der Waals surface area (Å²) in [7, 11) is 0. The molecule has 1 fully saturated rings. The fourth-order valence-corrected chi connectivity index (χ4v) is 2.68. The highest BCUT2D eigenvalue weighted by Crippen LogP contribution is 2.20. The molecule has 2 unspecified atom stereocenters. The summed E-state index contributed by atoms with van der Waals surface area (Å²) in [6.07, 6.45) is 7.45. The van der Waals surface area contributed by atoms with Gasteiger partial charge in [-0.15, -0.1) is 12.3 Å². The van der Waals surface area contributed by atoms with Gasteiger partial charge in [-0.2, -0.15) is 0 Å². The smallest absolute Gasteiger partial charge is 0.0449 e. The Morgan fingerprint density at radius 3 is 2.89 bits per heavy atom. The molecule has 1 heterocycles. The van der Waals surface area contributed by atoms with Crippen LogP contribution in [0.2, 0.25) is 0 Å². The van der Waals surface area contributed by atoms with Gasteiger partial charge in [-0.3, -0.25) is 4.90 Å². The Bertz CT molecular complexity index is 393. The van der Waals surface area contributed by atoms with Crippen molar-refractivity contribution in [2.75, 3.05) is 19.6 Å². The van der Waals surface area contributed by atoms with Crippen LogP contribution in [0.3, 0.4) is 0 Å². The van der Waals surface area contributed by atoms with Crippen LogP contribution in [0.25, 0.3) is 0 Å². The zero-order chi connectivity index (χ0) is 12.8. The van der Waals surface area contributed by atoms with Gasteiger partial charge in [0.2, 0.25) is 0 Å². The van der Waals surface area contributed by atoms with E-state index in [0.29, 0.717) is 12.1 Å². The normalized spacial score (nSPS) is 22.3. The Labute approximate surface area is 110 Å². The largest absolute Gasteiger partial charge is 0.308 e. The number of nitrogens with one attached hydrogen (secondary N) is 1. The Balaban J connectivity index is 2.02. The molecular formula is C16H22N2. The molecule has 1 aromatic rings. The molecule has 2 rings (SSSR count). The van der Waals surface area contributed by atoms with Gasteiger partial charge in [0.05, 0.1) is 0 Å². The van der Waals surface area contributed by atoms with Crippen molar-refractivity contribution < 1.29 is 0 Å². The summed E-state index contributed by atoms with van der Waals surface area (Å²) in [5.41, 5.74) is 1.37. The third kappa shape index (κ3) is 3.13. The highest BCUT2D eigenvalue weighted by atomic mass is 15.2. The van der Waals surface area contributed by atoms with E-state index >= 15 is 0 Å². The molecule has 0 spiro atoms. The van der Waals surface area contributed by atoms with Crippen molar-refractivity contribution in [2.24, 2.45) is 0 Å². The van der Waals surface area contributed by atoms with Gasteiger partial charge in [-0.25, -0.2) is 0 Å². The fourth-order valence-electron chi connectivity index (χ4n) is 2.68. The number of hydrogen-bond donors (Lipinski definition) is 1. The van der Waals surface area contributed by atoms with Gasteiger partial charge in [-0.05, 0) is 12.0 Å². The van der Waals surface area contributed by atoms with Crippen LogP contribution in [0.15, 0.2) is 30.3 Å². The molecule has 0 radical (unpaired) electrons. The van der Waals surface area contributed by atoms with Crippen LogP contribution < -0.4 is 5.32 Å². The van der Waals surface area contributed by atoms with Crippen LogP contribution in [0, 0.1) is 12.3 Å². The van der Waals surface area contributed by atoms with E-state index in [1.165, 1.54) is 5.56 Å². The molecule has 2 atom stereocenters. The fraction of sp³-hybridized carbons (Fsp3) is 0.500. The molecule has 0 amide bonds. The van der Waals surface area contributed by atoms with Gasteiger partial charge in [-0.1, -0.05) is 37.3 Å². The number of piperazine rings is 1. The number of benzene rings is 1. The molecule has 1 aliphatic heterocycles. The monoisotopic (exact) mass is 242 g/mol. The van der Waals surface area contributed by atoms with Crippen molar-refractivity contribution >= 4 is 0 Å². The van der Waals surface area contributed by atoms with Crippen LogP contribution in [0.1, 0.15) is 31.4 Å². The van der Waals surface area contributed by atoms with Crippen LogP contribution in [0.4, 0.5) is 0 Å². The molecule has 0 bridgehead atoms. The van der Waals surface area contributed by atoms with E-state index in [1.807, 2.05) is 0 Å². The SMILES string of the molecule is C#CCC(CC)N1CCNC(c2ccccc2)C1. The summed E-state index contributed by atoms with van der Waals surface area (Å²) in [5, 5.41) is 3.59. The molecule has 2 nitrogen and oxygen atoms in total. The Kier molecular flexibility index (Phi) is 4.81. The quantitative estimate of drug-likeness (QED) is 0.816. The first-order valence-corrected chi connectivity index (χ1v) is 6.81. The van der Waals surface area contributed by atoms with E-state index in [-0.39, 0.29) is 0 Å². The predicted molar refractivity (Wildman–Crippen MR) is 76.3 cm³/mol. The summed E-state index contributed by atoms with van der Waals surface area (Å²) in [6.45, 7) is 5.43. The maximum absolute atomic E-state index is 5.47. The minimum absolute atomic E-state index is 0.437. The van der Waals surface area contributed by atoms with Crippen LogP contribution in [-0.4, -0.2) is 30.6 Å². The minimum Gasteiger partial charge on any atom is -0.308 e. The van der Waals surface area contributed by atoms with Crippen molar-refractivity contribution in [1.29, 1.82) is 0 Å². The molecule has 96 valence electrons. The van der Waals surface area contributed by atoms with Gasteiger partial charge >= 0.3 is 0 Å². The molecule has 18 heavy (non-hydrogen) atoms. The zero-order valence-electron chi connectivity index (χ0n) is 11.1. The lowest BCUT2D eigenvalue weighted by Crippen LogP contribution is -2.49. The third-order valence-electron chi connectivity index (χ3n) is 3.75. The lowest BCUT2D eigenvalue weighted by molar-refractivity contribution is 0.142. The highest BCUT2D eigenvalue weighted by molar-refractivity contribution is 5.20. The molecule has 1 N–H and O–H groups in total. The molecule has 0 aromatic heterocycles. The average molecular weight is 242 g/mol. The van der Waals surface area contributed by atoms with E-state index < -0.39 is 0 Å². The Morgan fingerprint density at radius 1 is 1.44 bits per heavy atom. The first kappa shape index (κ1) is 13.1. The lowest BCUT2D eigenvalue weighted by Gasteiger charge is -2.38. The van der Waals surface area contributed by atoms with Crippen molar-refractivity contribution in [3.63, 3.8) is 0 Å². The number of terminal acetylenes is 1. The van der Waals surface area contributed by atoms with E-state index in [2.05, 4.69) is 53.4 Å². The van der Waals surface area contributed by atoms with Crippen molar-refractivity contribution in [1.82, 2.24) is 10.2 Å². The highest BCUT2D eigenvalue weighted by Gasteiger charge is 2.24. The van der Waals surface area contributed by atoms with Gasteiger partial charge in [0.15, 0.2) is 0 Å². The van der Waals surface area contributed by atoms with Crippen LogP contribution in [0.5, 0.6) is 0 Å². The second-order valence-electron chi connectivity index (χ2n) is 4.88. The molecule has 1 saturated heterocycles. The summed E-state index contributed by atoms with van der Waals surface area (Å²) in [4.78, 5) is 2.54. The Hall–Kier alpha value is -1.30. The second kappa shape index (κ2) is 6.58. The molecule has 2 heteroatoms. The number of rotatable bonds is 4. The zero-order valence-corrected chi connectivity index (χ0v) is 11.1. The maximum atomic E-state index is 5.47. The summed E-state index contributed by atoms with van der Waals surface area (Å²) in [5.74, 6) is 2.81. The molecule has 0 saturated carbocycles. The van der Waals surface area contributed by atoms with E-state index in [0.717, 1.165) is 32.5 Å². The van der Waals surface area contributed by atoms with Crippen molar-refractivity contribution in [3.8, 4) is 12.3 Å². The standard InChI is InChI=1S/C16H22N2/c1-3-8-15(4-2)18-12-11-17-16(13-18)14-9-6-5-7-10-14/h1,5-7,9-10,15-17H,4,8,11-13H2,2H3. The summed E-state index contributed by atoms with van der Waals surface area (Å²) >= 11 is 0. The van der Waals surface area contributed by atoms with E-state index in [4.69, 9.17) is 6.42 Å². The van der Waals surface area contributed by atoms with Gasteiger partial charge < -0.3 is 5.32 Å². The molecular weight excluding hydrogens is 220 g/mol. The van der Waals surface area contributed by atoms with Crippen molar-refractivity contribution in [3.05, 3.63) is 35.9 Å². The van der Waals surface area contributed by atoms with Crippen LogP contribution >= 0.6 is 0 Å². The van der Waals surface area contributed by atoms with Gasteiger partial charge in [0, 0.05) is 38.1 Å². The topological polar surface area (TPSA) is 15.3 Å². The molecule has 1 aromatic carbocycles. The minimum atomic E-state index is 0.437. The number of hydrogen-bond acceptors (Lipinski definition) is 2. The predicted octanol–water partition coefficient (Wildman–Crippen LogP) is 2.43. The number of nitrogens with zero attached hydrogens (tertiary/aromatic N) is 1. The third-order valence-corrected chi connectivity index (χ3v) is 3.75. The summed E-state index contributed by atoms with van der Waals surface area (Å²) in [6, 6.07) is 11.6. The van der Waals surface area contributed by atoms with E-state index in [1.54, 1.807) is 0 Å². The van der Waals surface area contributed by atoms with Gasteiger partial charge in [0.1, 0.15) is 0 Å². The van der Waals surface area contributed by atoms with E-state index in [9.17, 15) is 0 Å². The average Bonchev–Trinajstić information content (AvgIpc) is 2.46. The summed E-state index contributed by atoms with van der Waals surface area (Å²) < 4.78 is 0. The first-order chi connectivity index (χ1) is 8.85. The molecule has 0 aliphatic carbocycles. The molecule has 1 aliphatic rings. The van der Waals surface area contributed by atoms with Crippen LogP contribution in [-0.2, 0) is 0 Å². The maximum Gasteiger partial charge on any atom is 0.0449 e.